The molecule has 0 aliphatic rings. The smallest absolute Gasteiger partial charge is 0.228 e. The number of hydrogen-bond acceptors (Lipinski definition) is 5. The second kappa shape index (κ2) is 6.72. The summed E-state index contributed by atoms with van der Waals surface area (Å²) in [4.78, 5) is 4.43. The third-order valence-electron chi connectivity index (χ3n) is 2.87. The minimum atomic E-state index is 0.0919. The Balaban J connectivity index is 2.00. The molecule has 0 spiro atoms. The molecule has 1 aromatic carbocycles. The molecule has 114 valence electrons. The normalized spacial score (nSPS) is 11.6. The van der Waals surface area contributed by atoms with Gasteiger partial charge in [0.15, 0.2) is 0 Å². The molecule has 0 aliphatic heterocycles. The van der Waals surface area contributed by atoms with E-state index in [4.69, 9.17) is 9.26 Å². The zero-order valence-electron chi connectivity index (χ0n) is 13.1. The van der Waals surface area contributed by atoms with E-state index in [0.717, 1.165) is 24.3 Å². The van der Waals surface area contributed by atoms with Crippen molar-refractivity contribution >= 4 is 0 Å². The molecule has 0 radical (unpaired) electrons. The molecule has 0 atom stereocenters. The average Bonchev–Trinajstić information content (AvgIpc) is 2.87. The predicted octanol–water partition coefficient (Wildman–Crippen LogP) is 3.07. The zero-order chi connectivity index (χ0) is 15.3. The van der Waals surface area contributed by atoms with E-state index in [0.29, 0.717) is 18.3 Å². The van der Waals surface area contributed by atoms with Crippen LogP contribution in [-0.4, -0.2) is 28.8 Å². The summed E-state index contributed by atoms with van der Waals surface area (Å²) in [5.41, 5.74) is 0.994. The average molecular weight is 289 g/mol. The van der Waals surface area contributed by atoms with Crippen molar-refractivity contribution in [3.05, 3.63) is 30.2 Å². The standard InChI is InChI=1S/C16H23N3O2/c1-5-20-13-8-6-7-12(11-13)15-18-14(21-19-15)9-10-17-16(2,3)4/h6-8,11,17H,5,9-10H2,1-4H3. The second-order valence-electron chi connectivity index (χ2n) is 5.90. The Morgan fingerprint density at radius 3 is 2.81 bits per heavy atom. The summed E-state index contributed by atoms with van der Waals surface area (Å²) in [5.74, 6) is 2.06. The fraction of sp³-hybridized carbons (Fsp3) is 0.500. The van der Waals surface area contributed by atoms with Crippen LogP contribution in [0.25, 0.3) is 11.4 Å². The second-order valence-corrected chi connectivity index (χ2v) is 5.90. The molecule has 0 saturated carbocycles. The third-order valence-corrected chi connectivity index (χ3v) is 2.87. The van der Waals surface area contributed by atoms with Gasteiger partial charge in [-0.05, 0) is 39.8 Å². The summed E-state index contributed by atoms with van der Waals surface area (Å²) < 4.78 is 10.8. The summed E-state index contributed by atoms with van der Waals surface area (Å²) in [7, 11) is 0. The minimum absolute atomic E-state index is 0.0919. The molecule has 0 bridgehead atoms. The van der Waals surface area contributed by atoms with Crippen LogP contribution < -0.4 is 10.1 Å². The number of nitrogens with zero attached hydrogens (tertiary/aromatic N) is 2. The Labute approximate surface area is 125 Å². The van der Waals surface area contributed by atoms with Crippen molar-refractivity contribution in [3.63, 3.8) is 0 Å². The largest absolute Gasteiger partial charge is 0.494 e. The van der Waals surface area contributed by atoms with Gasteiger partial charge in [-0.25, -0.2) is 0 Å². The molecule has 5 nitrogen and oxygen atoms in total. The van der Waals surface area contributed by atoms with Crippen LogP contribution in [0.4, 0.5) is 0 Å². The van der Waals surface area contributed by atoms with Gasteiger partial charge in [-0.2, -0.15) is 4.98 Å². The van der Waals surface area contributed by atoms with Gasteiger partial charge in [0.2, 0.25) is 11.7 Å². The Morgan fingerprint density at radius 2 is 2.10 bits per heavy atom. The fourth-order valence-electron chi connectivity index (χ4n) is 1.91. The van der Waals surface area contributed by atoms with Crippen molar-refractivity contribution in [1.29, 1.82) is 0 Å². The first-order valence-corrected chi connectivity index (χ1v) is 7.29. The molecule has 0 aliphatic carbocycles. The van der Waals surface area contributed by atoms with Gasteiger partial charge < -0.3 is 14.6 Å². The number of rotatable bonds is 6. The van der Waals surface area contributed by atoms with Crippen LogP contribution >= 0.6 is 0 Å². The number of aromatic nitrogens is 2. The van der Waals surface area contributed by atoms with Crippen molar-refractivity contribution in [3.8, 4) is 17.1 Å². The first kappa shape index (κ1) is 15.5. The van der Waals surface area contributed by atoms with Crippen molar-refractivity contribution < 1.29 is 9.26 Å². The lowest BCUT2D eigenvalue weighted by atomic mass is 10.1. The van der Waals surface area contributed by atoms with Gasteiger partial charge in [-0.3, -0.25) is 0 Å². The summed E-state index contributed by atoms with van der Waals surface area (Å²) in [6.07, 6.45) is 0.718. The van der Waals surface area contributed by atoms with Crippen LogP contribution in [0.5, 0.6) is 5.75 Å². The predicted molar refractivity (Wildman–Crippen MR) is 82.4 cm³/mol. The van der Waals surface area contributed by atoms with Crippen LogP contribution in [0.15, 0.2) is 28.8 Å². The fourth-order valence-corrected chi connectivity index (χ4v) is 1.91. The highest BCUT2D eigenvalue weighted by molar-refractivity contribution is 5.56. The van der Waals surface area contributed by atoms with Crippen molar-refractivity contribution in [1.82, 2.24) is 15.5 Å². The lowest BCUT2D eigenvalue weighted by Crippen LogP contribution is -2.37. The molecule has 1 aromatic heterocycles. The maximum atomic E-state index is 5.48. The van der Waals surface area contributed by atoms with E-state index in [1.165, 1.54) is 0 Å². The lowest BCUT2D eigenvalue weighted by molar-refractivity contribution is 0.340. The van der Waals surface area contributed by atoms with E-state index in [1.807, 2.05) is 31.2 Å². The van der Waals surface area contributed by atoms with Gasteiger partial charge >= 0.3 is 0 Å². The van der Waals surface area contributed by atoms with Crippen LogP contribution in [-0.2, 0) is 6.42 Å². The molecule has 5 heteroatoms. The maximum absolute atomic E-state index is 5.48. The lowest BCUT2D eigenvalue weighted by Gasteiger charge is -2.19. The summed E-state index contributed by atoms with van der Waals surface area (Å²) in [5, 5.41) is 7.43. The van der Waals surface area contributed by atoms with Crippen LogP contribution in [0.3, 0.4) is 0 Å². The SMILES string of the molecule is CCOc1cccc(-c2noc(CCNC(C)(C)C)n2)c1. The van der Waals surface area contributed by atoms with Gasteiger partial charge in [-0.1, -0.05) is 17.3 Å². The molecular weight excluding hydrogens is 266 g/mol. The Morgan fingerprint density at radius 1 is 1.29 bits per heavy atom. The minimum Gasteiger partial charge on any atom is -0.494 e. The van der Waals surface area contributed by atoms with E-state index < -0.39 is 0 Å². The first-order valence-electron chi connectivity index (χ1n) is 7.29. The van der Waals surface area contributed by atoms with Crippen molar-refractivity contribution in [2.75, 3.05) is 13.2 Å². The highest BCUT2D eigenvalue weighted by atomic mass is 16.5. The monoisotopic (exact) mass is 289 g/mol. The topological polar surface area (TPSA) is 60.2 Å². The molecule has 1 N–H and O–H groups in total. The number of benzene rings is 1. The van der Waals surface area contributed by atoms with Crippen LogP contribution in [0.1, 0.15) is 33.6 Å². The Bertz CT molecular complexity index is 573. The van der Waals surface area contributed by atoms with Gasteiger partial charge in [0.05, 0.1) is 6.61 Å². The molecule has 0 unspecified atom stereocenters. The molecule has 0 saturated heterocycles. The number of ether oxygens (including phenoxy) is 1. The van der Waals surface area contributed by atoms with Gasteiger partial charge in [0.25, 0.3) is 0 Å². The number of hydrogen-bond donors (Lipinski definition) is 1. The Hall–Kier alpha value is -1.88. The van der Waals surface area contributed by atoms with Gasteiger partial charge in [0.1, 0.15) is 5.75 Å². The van der Waals surface area contributed by atoms with Gasteiger partial charge in [-0.15, -0.1) is 0 Å². The van der Waals surface area contributed by atoms with Crippen molar-refractivity contribution in [2.45, 2.75) is 39.7 Å². The molecule has 2 rings (SSSR count). The van der Waals surface area contributed by atoms with E-state index in [2.05, 4.69) is 36.2 Å². The van der Waals surface area contributed by atoms with Crippen LogP contribution in [0, 0.1) is 0 Å². The summed E-state index contributed by atoms with van der Waals surface area (Å²) in [6.45, 7) is 9.80. The van der Waals surface area contributed by atoms with E-state index >= 15 is 0 Å². The van der Waals surface area contributed by atoms with E-state index in [-0.39, 0.29) is 5.54 Å². The van der Waals surface area contributed by atoms with E-state index in [9.17, 15) is 0 Å². The molecule has 0 fully saturated rings. The van der Waals surface area contributed by atoms with Crippen LogP contribution in [0.2, 0.25) is 0 Å². The Kier molecular flexibility index (Phi) is 4.96. The highest BCUT2D eigenvalue weighted by Crippen LogP contribution is 2.21. The van der Waals surface area contributed by atoms with Crippen molar-refractivity contribution in [2.24, 2.45) is 0 Å². The molecule has 1 heterocycles. The zero-order valence-corrected chi connectivity index (χ0v) is 13.1. The molecule has 2 aromatic rings. The third kappa shape index (κ3) is 4.86. The van der Waals surface area contributed by atoms with Gasteiger partial charge in [0, 0.05) is 24.1 Å². The first-order chi connectivity index (χ1) is 9.98. The summed E-state index contributed by atoms with van der Waals surface area (Å²) in [6, 6.07) is 7.72. The van der Waals surface area contributed by atoms with E-state index in [1.54, 1.807) is 0 Å². The molecular formula is C16H23N3O2. The summed E-state index contributed by atoms with van der Waals surface area (Å²) >= 11 is 0. The molecule has 0 amide bonds. The number of nitrogens with one attached hydrogen (secondary N) is 1. The quantitative estimate of drug-likeness (QED) is 0.885. The molecule has 21 heavy (non-hydrogen) atoms. The maximum Gasteiger partial charge on any atom is 0.228 e. The highest BCUT2D eigenvalue weighted by Gasteiger charge is 2.12.